The molecule has 5 nitrogen and oxygen atoms in total. The predicted molar refractivity (Wildman–Crippen MR) is 86.4 cm³/mol. The Kier molecular flexibility index (Phi) is 5.95. The standard InChI is InChI=1S/C17H25N3O2/c1-3-7-19-17(22)14-6-4-5-13(8-14)9-20-16(21)12(2)15-10-18-11-15/h4-6,8,12,15,18H,3,7,9-11H2,1-2H3,(H,19,22)(H,20,21). The molecule has 0 saturated carbocycles. The zero-order chi connectivity index (χ0) is 15.9. The van der Waals surface area contributed by atoms with Gasteiger partial charge < -0.3 is 16.0 Å². The van der Waals surface area contributed by atoms with Gasteiger partial charge in [-0.15, -0.1) is 0 Å². The minimum atomic E-state index is -0.0658. The van der Waals surface area contributed by atoms with Crippen LogP contribution in [0.4, 0.5) is 0 Å². The van der Waals surface area contributed by atoms with Gasteiger partial charge in [-0.25, -0.2) is 0 Å². The quantitative estimate of drug-likeness (QED) is 0.711. The van der Waals surface area contributed by atoms with Gasteiger partial charge in [-0.2, -0.15) is 0 Å². The fourth-order valence-electron chi connectivity index (χ4n) is 2.39. The molecule has 1 saturated heterocycles. The van der Waals surface area contributed by atoms with Crippen molar-refractivity contribution in [2.24, 2.45) is 11.8 Å². The van der Waals surface area contributed by atoms with E-state index >= 15 is 0 Å². The summed E-state index contributed by atoms with van der Waals surface area (Å²) in [6.07, 6.45) is 0.912. The SMILES string of the molecule is CCCNC(=O)c1cccc(CNC(=O)C(C)C2CNC2)c1. The van der Waals surface area contributed by atoms with Crippen LogP contribution in [0.25, 0.3) is 0 Å². The molecule has 1 unspecified atom stereocenters. The second kappa shape index (κ2) is 7.94. The molecule has 0 radical (unpaired) electrons. The van der Waals surface area contributed by atoms with E-state index in [1.807, 2.05) is 32.0 Å². The van der Waals surface area contributed by atoms with Crippen LogP contribution in [0.5, 0.6) is 0 Å². The molecule has 3 N–H and O–H groups in total. The molecule has 0 spiro atoms. The van der Waals surface area contributed by atoms with E-state index < -0.39 is 0 Å². The molecule has 1 heterocycles. The Hall–Kier alpha value is -1.88. The Labute approximate surface area is 131 Å². The molecule has 1 aromatic carbocycles. The highest BCUT2D eigenvalue weighted by atomic mass is 16.2. The minimum Gasteiger partial charge on any atom is -0.352 e. The molecule has 1 aromatic rings. The topological polar surface area (TPSA) is 70.2 Å². The molecule has 2 amide bonds. The third-order valence-corrected chi connectivity index (χ3v) is 4.13. The molecule has 1 aliphatic rings. The highest BCUT2D eigenvalue weighted by Crippen LogP contribution is 2.16. The van der Waals surface area contributed by atoms with E-state index in [1.165, 1.54) is 0 Å². The average molecular weight is 303 g/mol. The lowest BCUT2D eigenvalue weighted by atomic mass is 9.88. The molecule has 120 valence electrons. The Morgan fingerprint density at radius 3 is 2.73 bits per heavy atom. The van der Waals surface area contributed by atoms with E-state index in [0.717, 1.165) is 25.1 Å². The van der Waals surface area contributed by atoms with Crippen molar-refractivity contribution in [3.63, 3.8) is 0 Å². The molecule has 22 heavy (non-hydrogen) atoms. The van der Waals surface area contributed by atoms with Gasteiger partial charge in [0.15, 0.2) is 0 Å². The highest BCUT2D eigenvalue weighted by Gasteiger charge is 2.28. The van der Waals surface area contributed by atoms with Gasteiger partial charge in [0.25, 0.3) is 5.91 Å². The first kappa shape index (κ1) is 16.5. The van der Waals surface area contributed by atoms with Crippen molar-refractivity contribution >= 4 is 11.8 Å². The maximum absolute atomic E-state index is 12.1. The molecule has 1 fully saturated rings. The fourth-order valence-corrected chi connectivity index (χ4v) is 2.39. The second-order valence-electron chi connectivity index (χ2n) is 5.88. The van der Waals surface area contributed by atoms with Gasteiger partial charge in [0.05, 0.1) is 0 Å². The maximum Gasteiger partial charge on any atom is 0.251 e. The van der Waals surface area contributed by atoms with Crippen LogP contribution in [-0.2, 0) is 11.3 Å². The van der Waals surface area contributed by atoms with Crippen molar-refractivity contribution in [2.75, 3.05) is 19.6 Å². The minimum absolute atomic E-state index is 0.0253. The summed E-state index contributed by atoms with van der Waals surface area (Å²) in [4.78, 5) is 24.0. The lowest BCUT2D eigenvalue weighted by molar-refractivity contribution is -0.126. The van der Waals surface area contributed by atoms with Crippen LogP contribution in [0.1, 0.15) is 36.2 Å². The molecule has 0 aliphatic carbocycles. The van der Waals surface area contributed by atoms with Crippen molar-refractivity contribution < 1.29 is 9.59 Å². The van der Waals surface area contributed by atoms with E-state index in [0.29, 0.717) is 24.6 Å². The van der Waals surface area contributed by atoms with Crippen LogP contribution in [0, 0.1) is 11.8 Å². The highest BCUT2D eigenvalue weighted by molar-refractivity contribution is 5.94. The lowest BCUT2D eigenvalue weighted by Gasteiger charge is -2.31. The van der Waals surface area contributed by atoms with Crippen LogP contribution in [-0.4, -0.2) is 31.4 Å². The summed E-state index contributed by atoms with van der Waals surface area (Å²) in [5.41, 5.74) is 1.58. The van der Waals surface area contributed by atoms with Crippen LogP contribution in [0.2, 0.25) is 0 Å². The van der Waals surface area contributed by atoms with Crippen molar-refractivity contribution in [1.82, 2.24) is 16.0 Å². The van der Waals surface area contributed by atoms with Crippen molar-refractivity contribution in [3.8, 4) is 0 Å². The maximum atomic E-state index is 12.1. The molecule has 0 aromatic heterocycles. The van der Waals surface area contributed by atoms with Gasteiger partial charge in [0.2, 0.25) is 5.91 Å². The number of carbonyl (C=O) groups is 2. The molecular weight excluding hydrogens is 278 g/mol. The number of amides is 2. The summed E-state index contributed by atoms with van der Waals surface area (Å²) in [7, 11) is 0. The Balaban J connectivity index is 1.87. The second-order valence-corrected chi connectivity index (χ2v) is 5.88. The van der Waals surface area contributed by atoms with E-state index in [-0.39, 0.29) is 17.7 Å². The van der Waals surface area contributed by atoms with E-state index in [2.05, 4.69) is 16.0 Å². The van der Waals surface area contributed by atoms with Crippen LogP contribution in [0.15, 0.2) is 24.3 Å². The average Bonchev–Trinajstić information content (AvgIpc) is 2.48. The summed E-state index contributed by atoms with van der Waals surface area (Å²) in [5.74, 6) is 0.472. The van der Waals surface area contributed by atoms with Crippen molar-refractivity contribution in [1.29, 1.82) is 0 Å². The van der Waals surface area contributed by atoms with E-state index in [1.54, 1.807) is 6.07 Å². The smallest absolute Gasteiger partial charge is 0.251 e. The summed E-state index contributed by atoms with van der Waals surface area (Å²) >= 11 is 0. The summed E-state index contributed by atoms with van der Waals surface area (Å²) in [5, 5.41) is 9.00. The first-order chi connectivity index (χ1) is 10.6. The normalized spacial score (nSPS) is 15.7. The van der Waals surface area contributed by atoms with E-state index in [4.69, 9.17) is 0 Å². The Bertz CT molecular complexity index is 526. The van der Waals surface area contributed by atoms with Gasteiger partial charge in [-0.3, -0.25) is 9.59 Å². The third kappa shape index (κ3) is 4.31. The molecular formula is C17H25N3O2. The number of hydrogen-bond acceptors (Lipinski definition) is 3. The molecule has 2 rings (SSSR count). The summed E-state index contributed by atoms with van der Waals surface area (Å²) in [6, 6.07) is 7.40. The van der Waals surface area contributed by atoms with Crippen LogP contribution in [0.3, 0.4) is 0 Å². The van der Waals surface area contributed by atoms with Gasteiger partial charge >= 0.3 is 0 Å². The fraction of sp³-hybridized carbons (Fsp3) is 0.529. The largest absolute Gasteiger partial charge is 0.352 e. The summed E-state index contributed by atoms with van der Waals surface area (Å²) < 4.78 is 0. The Morgan fingerprint density at radius 1 is 1.32 bits per heavy atom. The Morgan fingerprint density at radius 2 is 2.09 bits per heavy atom. The monoisotopic (exact) mass is 303 g/mol. The summed E-state index contributed by atoms with van der Waals surface area (Å²) in [6.45, 7) is 6.95. The van der Waals surface area contributed by atoms with Gasteiger partial charge in [-0.1, -0.05) is 26.0 Å². The number of nitrogens with one attached hydrogen (secondary N) is 3. The zero-order valence-electron chi connectivity index (χ0n) is 13.3. The van der Waals surface area contributed by atoms with Gasteiger partial charge in [0, 0.05) is 24.6 Å². The number of hydrogen-bond donors (Lipinski definition) is 3. The number of benzene rings is 1. The molecule has 1 aliphatic heterocycles. The van der Waals surface area contributed by atoms with Crippen molar-refractivity contribution in [2.45, 2.75) is 26.8 Å². The van der Waals surface area contributed by atoms with Crippen LogP contribution < -0.4 is 16.0 Å². The lowest BCUT2D eigenvalue weighted by Crippen LogP contribution is -2.49. The molecule has 5 heteroatoms. The number of carbonyl (C=O) groups excluding carboxylic acids is 2. The van der Waals surface area contributed by atoms with E-state index in [9.17, 15) is 9.59 Å². The van der Waals surface area contributed by atoms with Gasteiger partial charge in [0.1, 0.15) is 0 Å². The first-order valence-corrected chi connectivity index (χ1v) is 7.97. The predicted octanol–water partition coefficient (Wildman–Crippen LogP) is 1.30. The molecule has 1 atom stereocenters. The van der Waals surface area contributed by atoms with Gasteiger partial charge in [-0.05, 0) is 43.1 Å². The number of rotatable bonds is 7. The molecule has 0 bridgehead atoms. The van der Waals surface area contributed by atoms with Crippen LogP contribution >= 0.6 is 0 Å². The third-order valence-electron chi connectivity index (χ3n) is 4.13. The first-order valence-electron chi connectivity index (χ1n) is 7.97. The van der Waals surface area contributed by atoms with Crippen molar-refractivity contribution in [3.05, 3.63) is 35.4 Å². The zero-order valence-corrected chi connectivity index (χ0v) is 13.3.